The average Bonchev–Trinajstić information content (AvgIpc) is 3.35. The number of hydrogen-bond donors (Lipinski definition) is 0. The summed E-state index contributed by atoms with van der Waals surface area (Å²) in [7, 11) is 1.56. The summed E-state index contributed by atoms with van der Waals surface area (Å²) in [6.45, 7) is 2.05. The van der Waals surface area contributed by atoms with E-state index in [0.29, 0.717) is 28.7 Å². The number of epoxide rings is 1. The van der Waals surface area contributed by atoms with E-state index in [9.17, 15) is 9.59 Å². The zero-order chi connectivity index (χ0) is 16.1. The topological polar surface area (TPSA) is 65.1 Å². The predicted octanol–water partition coefficient (Wildman–Crippen LogP) is 2.16. The molecule has 2 aliphatic carbocycles. The van der Waals surface area contributed by atoms with Gasteiger partial charge in [0.25, 0.3) is 0 Å². The highest BCUT2D eigenvalue weighted by Gasteiger charge is 2.56. The van der Waals surface area contributed by atoms with Crippen LogP contribution in [-0.4, -0.2) is 43.8 Å². The normalized spacial score (nSPS) is 29.7. The van der Waals surface area contributed by atoms with Crippen molar-refractivity contribution in [3.05, 3.63) is 46.5 Å². The van der Waals surface area contributed by atoms with Crippen LogP contribution in [0.1, 0.15) is 34.1 Å². The summed E-state index contributed by atoms with van der Waals surface area (Å²) in [4.78, 5) is 25.8. The van der Waals surface area contributed by atoms with E-state index in [-0.39, 0.29) is 42.6 Å². The number of fused-ring (bicyclic) bond motifs is 2. The zero-order valence-electron chi connectivity index (χ0n) is 13.1. The van der Waals surface area contributed by atoms with Gasteiger partial charge in [-0.3, -0.25) is 9.59 Å². The zero-order valence-corrected chi connectivity index (χ0v) is 13.1. The van der Waals surface area contributed by atoms with Gasteiger partial charge in [0.2, 0.25) is 0 Å². The molecule has 23 heavy (non-hydrogen) atoms. The van der Waals surface area contributed by atoms with Crippen LogP contribution in [0.25, 0.3) is 0 Å². The van der Waals surface area contributed by atoms with Crippen molar-refractivity contribution >= 4 is 11.6 Å². The second-order valence-electron chi connectivity index (χ2n) is 6.24. The summed E-state index contributed by atoms with van der Waals surface area (Å²) < 4.78 is 16.3. The van der Waals surface area contributed by atoms with Gasteiger partial charge in [-0.1, -0.05) is 24.3 Å². The first kappa shape index (κ1) is 14.8. The lowest BCUT2D eigenvalue weighted by Gasteiger charge is -2.32. The minimum absolute atomic E-state index is 0.0226. The first-order chi connectivity index (χ1) is 11.1. The lowest BCUT2D eigenvalue weighted by atomic mass is 9.71. The van der Waals surface area contributed by atoms with Gasteiger partial charge in [-0.2, -0.15) is 0 Å². The molecule has 4 rings (SSSR count). The molecule has 0 radical (unpaired) electrons. The minimum atomic E-state index is -0.253. The Balaban J connectivity index is 1.77. The van der Waals surface area contributed by atoms with E-state index < -0.39 is 0 Å². The van der Waals surface area contributed by atoms with E-state index in [1.54, 1.807) is 31.4 Å². The van der Waals surface area contributed by atoms with Gasteiger partial charge in [-0.25, -0.2) is 0 Å². The molecule has 1 heterocycles. The van der Waals surface area contributed by atoms with Crippen molar-refractivity contribution in [3.63, 3.8) is 0 Å². The van der Waals surface area contributed by atoms with E-state index in [4.69, 9.17) is 14.2 Å². The van der Waals surface area contributed by atoms with Crippen LogP contribution in [0.15, 0.2) is 35.4 Å². The molecule has 5 nitrogen and oxygen atoms in total. The van der Waals surface area contributed by atoms with E-state index in [1.165, 1.54) is 0 Å². The summed E-state index contributed by atoms with van der Waals surface area (Å²) in [5.74, 6) is -0.334. The summed E-state index contributed by atoms with van der Waals surface area (Å²) in [6, 6.07) is 7.02. The van der Waals surface area contributed by atoms with Crippen molar-refractivity contribution in [2.75, 3.05) is 13.9 Å². The highest BCUT2D eigenvalue weighted by Crippen LogP contribution is 2.49. The quantitative estimate of drug-likeness (QED) is 0.629. The van der Waals surface area contributed by atoms with Crippen molar-refractivity contribution in [2.24, 2.45) is 5.92 Å². The van der Waals surface area contributed by atoms with Crippen LogP contribution in [0, 0.1) is 5.92 Å². The van der Waals surface area contributed by atoms with Crippen LogP contribution >= 0.6 is 0 Å². The molecular weight excluding hydrogens is 296 g/mol. The van der Waals surface area contributed by atoms with Gasteiger partial charge < -0.3 is 14.2 Å². The number of Topliss-reactive ketones (excluding diaryl/α,β-unsaturated/α-hetero) is 2. The first-order valence-corrected chi connectivity index (χ1v) is 7.81. The Bertz CT molecular complexity index is 720. The van der Waals surface area contributed by atoms with Gasteiger partial charge in [0.1, 0.15) is 6.79 Å². The molecule has 0 spiro atoms. The summed E-state index contributed by atoms with van der Waals surface area (Å²) in [5, 5.41) is 0. The number of ether oxygens (including phenoxy) is 3. The number of ketones is 2. The fourth-order valence-electron chi connectivity index (χ4n) is 3.78. The lowest BCUT2D eigenvalue weighted by molar-refractivity contribution is -0.0819. The minimum Gasteiger partial charge on any atom is -0.368 e. The summed E-state index contributed by atoms with van der Waals surface area (Å²) in [6.07, 6.45) is 0.251. The summed E-state index contributed by atoms with van der Waals surface area (Å²) >= 11 is 0. The van der Waals surface area contributed by atoms with E-state index in [2.05, 4.69) is 0 Å². The van der Waals surface area contributed by atoms with Gasteiger partial charge in [0.05, 0.1) is 18.3 Å². The summed E-state index contributed by atoms with van der Waals surface area (Å²) in [5.41, 5.74) is 2.17. The third-order valence-electron chi connectivity index (χ3n) is 4.93. The van der Waals surface area contributed by atoms with Crippen LogP contribution in [0.4, 0.5) is 0 Å². The van der Waals surface area contributed by atoms with Crippen molar-refractivity contribution in [3.8, 4) is 0 Å². The van der Waals surface area contributed by atoms with Crippen LogP contribution in [0.5, 0.6) is 0 Å². The van der Waals surface area contributed by atoms with Crippen molar-refractivity contribution in [1.29, 1.82) is 0 Å². The Morgan fingerprint density at radius 1 is 1.22 bits per heavy atom. The maximum atomic E-state index is 13.0. The molecule has 1 aliphatic heterocycles. The van der Waals surface area contributed by atoms with Crippen LogP contribution in [-0.2, 0) is 14.2 Å². The molecule has 0 aromatic heterocycles. The molecule has 4 atom stereocenters. The Hall–Kier alpha value is -1.82. The van der Waals surface area contributed by atoms with Crippen LogP contribution < -0.4 is 0 Å². The largest absolute Gasteiger partial charge is 0.368 e. The van der Waals surface area contributed by atoms with Gasteiger partial charge in [0, 0.05) is 41.7 Å². The smallest absolute Gasteiger partial charge is 0.190 e. The number of rotatable bonds is 4. The molecule has 1 fully saturated rings. The first-order valence-electron chi connectivity index (χ1n) is 7.81. The van der Waals surface area contributed by atoms with Gasteiger partial charge >= 0.3 is 0 Å². The third-order valence-corrected chi connectivity index (χ3v) is 4.93. The Kier molecular flexibility index (Phi) is 3.44. The molecule has 0 amide bonds. The second kappa shape index (κ2) is 5.37. The lowest BCUT2D eigenvalue weighted by Crippen LogP contribution is -2.39. The molecule has 1 aromatic carbocycles. The molecule has 1 aromatic rings. The Morgan fingerprint density at radius 2 is 1.91 bits per heavy atom. The van der Waals surface area contributed by atoms with E-state index >= 15 is 0 Å². The highest BCUT2D eigenvalue weighted by molar-refractivity contribution is 6.27. The van der Waals surface area contributed by atoms with Gasteiger partial charge in [0.15, 0.2) is 11.6 Å². The Labute approximate surface area is 134 Å². The molecule has 0 saturated carbocycles. The monoisotopic (exact) mass is 314 g/mol. The maximum absolute atomic E-state index is 13.0. The number of benzene rings is 1. The fraction of sp³-hybridized carbons (Fsp3) is 0.444. The van der Waals surface area contributed by atoms with Crippen molar-refractivity contribution in [1.82, 2.24) is 0 Å². The number of methoxy groups -OCH3 is 1. The molecule has 5 heteroatoms. The van der Waals surface area contributed by atoms with E-state index in [0.717, 1.165) is 0 Å². The molecule has 0 bridgehead atoms. The number of carbonyl (C=O) groups excluding carboxylic acids is 2. The van der Waals surface area contributed by atoms with Gasteiger partial charge in [-0.05, 0) is 6.92 Å². The molecule has 120 valence electrons. The van der Waals surface area contributed by atoms with Crippen molar-refractivity contribution in [2.45, 2.75) is 31.7 Å². The van der Waals surface area contributed by atoms with Crippen LogP contribution in [0.2, 0.25) is 0 Å². The van der Waals surface area contributed by atoms with E-state index in [1.807, 2.05) is 6.92 Å². The number of carbonyl (C=O) groups is 2. The van der Waals surface area contributed by atoms with Crippen LogP contribution in [0.3, 0.4) is 0 Å². The fourth-order valence-corrected chi connectivity index (χ4v) is 3.78. The average molecular weight is 314 g/mol. The highest BCUT2D eigenvalue weighted by atomic mass is 16.7. The SMILES string of the molecule is COCO[C@H](C)[C@H]1C2=C(C[C@@H]3O[C@H]13)C(=O)c1ccccc1C2=O. The molecular formula is C18H18O5. The molecule has 0 N–H and O–H groups in total. The Morgan fingerprint density at radius 3 is 2.61 bits per heavy atom. The molecule has 3 aliphatic rings. The standard InChI is InChI=1S/C18H18O5/c1-9(22-8-21-2)14-15-12(7-13-18(14)23-13)16(19)10-5-3-4-6-11(10)17(15)20/h3-6,9,13-14,18H,7-8H2,1-2H3/t9-,13+,14+,18+/m1/s1. The van der Waals surface area contributed by atoms with Crippen molar-refractivity contribution < 1.29 is 23.8 Å². The maximum Gasteiger partial charge on any atom is 0.190 e. The molecule has 0 unspecified atom stereocenters. The molecule has 1 saturated heterocycles. The third kappa shape index (κ3) is 2.19. The predicted molar refractivity (Wildman–Crippen MR) is 81.3 cm³/mol. The second-order valence-corrected chi connectivity index (χ2v) is 6.24. The number of hydrogen-bond acceptors (Lipinski definition) is 5. The van der Waals surface area contributed by atoms with Gasteiger partial charge in [-0.15, -0.1) is 0 Å².